The molecular formula is C18H28ClN. The van der Waals surface area contributed by atoms with Gasteiger partial charge in [0.25, 0.3) is 0 Å². The number of benzene rings is 1. The van der Waals surface area contributed by atoms with Gasteiger partial charge in [-0.3, -0.25) is 4.90 Å². The highest BCUT2D eigenvalue weighted by molar-refractivity contribution is 6.18. The van der Waals surface area contributed by atoms with Gasteiger partial charge in [-0.05, 0) is 49.1 Å². The second kappa shape index (κ2) is 8.05. The van der Waals surface area contributed by atoms with Crippen LogP contribution in [0.15, 0.2) is 24.3 Å². The van der Waals surface area contributed by atoms with Gasteiger partial charge in [0, 0.05) is 25.0 Å². The molecule has 112 valence electrons. The number of rotatable bonds is 7. The van der Waals surface area contributed by atoms with Crippen molar-refractivity contribution in [3.05, 3.63) is 35.4 Å². The summed E-state index contributed by atoms with van der Waals surface area (Å²) in [5, 5.41) is 0. The van der Waals surface area contributed by atoms with E-state index in [0.29, 0.717) is 12.0 Å². The van der Waals surface area contributed by atoms with E-state index in [1.54, 1.807) is 11.1 Å². The molecule has 0 bridgehead atoms. The largest absolute Gasteiger partial charge is 0.299 e. The van der Waals surface area contributed by atoms with Crippen molar-refractivity contribution < 1.29 is 0 Å². The lowest BCUT2D eigenvalue weighted by Crippen LogP contribution is -2.39. The summed E-state index contributed by atoms with van der Waals surface area (Å²) in [5.41, 5.74) is 3.16. The molecule has 1 aromatic rings. The maximum atomic E-state index is 6.03. The molecule has 1 aromatic carbocycles. The molecule has 0 heterocycles. The number of hydrogen-bond donors (Lipinski definition) is 0. The van der Waals surface area contributed by atoms with Crippen LogP contribution >= 0.6 is 11.6 Å². The molecule has 0 fully saturated rings. The normalized spacial score (nSPS) is 18.6. The van der Waals surface area contributed by atoms with Gasteiger partial charge in [-0.15, -0.1) is 11.6 Å². The zero-order valence-electron chi connectivity index (χ0n) is 12.9. The topological polar surface area (TPSA) is 3.24 Å². The minimum absolute atomic E-state index is 0.683. The molecule has 2 rings (SSSR count). The third kappa shape index (κ3) is 3.77. The summed E-state index contributed by atoms with van der Waals surface area (Å²) in [6, 6.07) is 9.71. The van der Waals surface area contributed by atoms with Crippen LogP contribution in [0.3, 0.4) is 0 Å². The molecule has 0 amide bonds. The van der Waals surface area contributed by atoms with Gasteiger partial charge in [-0.1, -0.05) is 38.1 Å². The molecule has 0 N–H and O–H groups in total. The fraction of sp³-hybridized carbons (Fsp3) is 0.667. The molecule has 0 saturated carbocycles. The number of nitrogens with zero attached hydrogens (tertiary/aromatic N) is 1. The van der Waals surface area contributed by atoms with Crippen molar-refractivity contribution in [1.82, 2.24) is 4.90 Å². The Bertz CT molecular complexity index is 400. The summed E-state index contributed by atoms with van der Waals surface area (Å²) in [7, 11) is 0. The van der Waals surface area contributed by atoms with Crippen molar-refractivity contribution >= 4 is 11.6 Å². The van der Waals surface area contributed by atoms with Gasteiger partial charge in [0.1, 0.15) is 0 Å². The Morgan fingerprint density at radius 1 is 1.25 bits per heavy atom. The van der Waals surface area contributed by atoms with Crippen molar-refractivity contribution in [3.8, 4) is 0 Å². The van der Waals surface area contributed by atoms with Crippen LogP contribution in [0.1, 0.15) is 56.6 Å². The molecule has 1 unspecified atom stereocenters. The average molecular weight is 294 g/mol. The number of alkyl halides is 1. The van der Waals surface area contributed by atoms with Crippen molar-refractivity contribution in [2.75, 3.05) is 19.0 Å². The summed E-state index contributed by atoms with van der Waals surface area (Å²) in [5.74, 6) is 1.44. The first-order chi connectivity index (χ1) is 9.80. The zero-order chi connectivity index (χ0) is 14.4. The van der Waals surface area contributed by atoms with Gasteiger partial charge in [-0.2, -0.15) is 0 Å². The van der Waals surface area contributed by atoms with E-state index < -0.39 is 0 Å². The number of aryl methyl sites for hydroxylation is 1. The lowest BCUT2D eigenvalue weighted by molar-refractivity contribution is 0.179. The van der Waals surface area contributed by atoms with Crippen LogP contribution in [0, 0.1) is 0 Å². The minimum Gasteiger partial charge on any atom is -0.299 e. The van der Waals surface area contributed by atoms with E-state index in [4.69, 9.17) is 11.6 Å². The maximum absolute atomic E-state index is 6.03. The van der Waals surface area contributed by atoms with Gasteiger partial charge in [-0.25, -0.2) is 0 Å². The molecule has 1 aliphatic carbocycles. The summed E-state index contributed by atoms with van der Waals surface area (Å²) < 4.78 is 0. The van der Waals surface area contributed by atoms with E-state index in [1.165, 1.54) is 38.6 Å². The van der Waals surface area contributed by atoms with Crippen LogP contribution in [-0.2, 0) is 6.42 Å². The summed E-state index contributed by atoms with van der Waals surface area (Å²) in [6.07, 6.45) is 6.37. The average Bonchev–Trinajstić information content (AvgIpc) is 2.49. The Balaban J connectivity index is 2.11. The molecule has 1 aliphatic rings. The fourth-order valence-corrected chi connectivity index (χ4v) is 3.88. The molecular weight excluding hydrogens is 266 g/mol. The van der Waals surface area contributed by atoms with Gasteiger partial charge < -0.3 is 0 Å². The molecule has 0 aromatic heterocycles. The van der Waals surface area contributed by atoms with Crippen LogP contribution in [-0.4, -0.2) is 29.9 Å². The molecule has 0 saturated heterocycles. The molecule has 1 nitrogen and oxygen atoms in total. The maximum Gasteiger partial charge on any atom is 0.0351 e. The number of fused-ring (bicyclic) bond motifs is 1. The summed E-state index contributed by atoms with van der Waals surface area (Å²) >= 11 is 6.03. The van der Waals surface area contributed by atoms with Gasteiger partial charge in [0.15, 0.2) is 0 Å². The molecule has 20 heavy (non-hydrogen) atoms. The Morgan fingerprint density at radius 2 is 2.00 bits per heavy atom. The standard InChI is InChI=1S/C18H28ClN/c1-3-17(4-2)20(13-12-19)14-16-10-7-9-15-8-5-6-11-18(15)16/h5-6,8,11,16-17H,3-4,7,9-10,12-14H2,1-2H3. The highest BCUT2D eigenvalue weighted by Gasteiger charge is 2.24. The van der Waals surface area contributed by atoms with E-state index in [9.17, 15) is 0 Å². The van der Waals surface area contributed by atoms with Crippen LogP contribution < -0.4 is 0 Å². The molecule has 2 heteroatoms. The Kier molecular flexibility index (Phi) is 6.38. The quantitative estimate of drug-likeness (QED) is 0.651. The Hall–Kier alpha value is -0.530. The Morgan fingerprint density at radius 3 is 2.70 bits per heavy atom. The molecule has 0 spiro atoms. The second-order valence-corrected chi connectivity index (χ2v) is 6.32. The van der Waals surface area contributed by atoms with Crippen molar-refractivity contribution in [2.24, 2.45) is 0 Å². The minimum atomic E-state index is 0.683. The Labute approximate surface area is 129 Å². The summed E-state index contributed by atoms with van der Waals surface area (Å²) in [6.45, 7) is 6.79. The highest BCUT2D eigenvalue weighted by atomic mass is 35.5. The number of halogens is 1. The first kappa shape index (κ1) is 15.9. The molecule has 1 atom stereocenters. The van der Waals surface area contributed by atoms with Gasteiger partial charge >= 0.3 is 0 Å². The predicted octanol–water partition coefficient (Wildman–Crippen LogP) is 4.84. The van der Waals surface area contributed by atoms with Crippen LogP contribution in [0.2, 0.25) is 0 Å². The fourth-order valence-electron chi connectivity index (χ4n) is 3.66. The zero-order valence-corrected chi connectivity index (χ0v) is 13.7. The third-order valence-electron chi connectivity index (χ3n) is 4.78. The van der Waals surface area contributed by atoms with Crippen LogP contribution in [0.5, 0.6) is 0 Å². The van der Waals surface area contributed by atoms with E-state index in [-0.39, 0.29) is 0 Å². The lowest BCUT2D eigenvalue weighted by atomic mass is 9.82. The highest BCUT2D eigenvalue weighted by Crippen LogP contribution is 2.32. The number of hydrogen-bond acceptors (Lipinski definition) is 1. The second-order valence-electron chi connectivity index (χ2n) is 5.94. The van der Waals surface area contributed by atoms with Crippen molar-refractivity contribution in [2.45, 2.75) is 57.9 Å². The molecule has 0 aliphatic heterocycles. The van der Waals surface area contributed by atoms with E-state index in [1.807, 2.05) is 0 Å². The lowest BCUT2D eigenvalue weighted by Gasteiger charge is -2.35. The van der Waals surface area contributed by atoms with Crippen LogP contribution in [0.4, 0.5) is 0 Å². The van der Waals surface area contributed by atoms with Crippen molar-refractivity contribution in [3.63, 3.8) is 0 Å². The van der Waals surface area contributed by atoms with E-state index in [2.05, 4.69) is 43.0 Å². The predicted molar refractivity (Wildman–Crippen MR) is 88.8 cm³/mol. The smallest absolute Gasteiger partial charge is 0.0351 e. The van der Waals surface area contributed by atoms with Gasteiger partial charge in [0.05, 0.1) is 0 Å². The monoisotopic (exact) mass is 293 g/mol. The SMILES string of the molecule is CCC(CC)N(CCCl)CC1CCCc2ccccc21. The first-order valence-corrected chi connectivity index (χ1v) is 8.71. The molecule has 0 radical (unpaired) electrons. The first-order valence-electron chi connectivity index (χ1n) is 8.17. The van der Waals surface area contributed by atoms with E-state index in [0.717, 1.165) is 12.4 Å². The van der Waals surface area contributed by atoms with Gasteiger partial charge in [0.2, 0.25) is 0 Å². The summed E-state index contributed by atoms with van der Waals surface area (Å²) in [4.78, 5) is 2.62. The van der Waals surface area contributed by atoms with E-state index >= 15 is 0 Å². The third-order valence-corrected chi connectivity index (χ3v) is 4.95. The van der Waals surface area contributed by atoms with Crippen molar-refractivity contribution in [1.29, 1.82) is 0 Å². The van der Waals surface area contributed by atoms with Crippen LogP contribution in [0.25, 0.3) is 0 Å².